The first-order chi connectivity index (χ1) is 17.0. The molecule has 0 saturated heterocycles. The molecular formula is C29H35O6Zr. The zero-order valence-electron chi connectivity index (χ0n) is 21.4. The molecule has 4 atom stereocenters. The van der Waals surface area contributed by atoms with E-state index in [-0.39, 0.29) is 37.7 Å². The maximum absolute atomic E-state index is 11.2. The molecule has 36 heavy (non-hydrogen) atoms. The van der Waals surface area contributed by atoms with Crippen LogP contribution in [-0.2, 0) is 26.2 Å². The molecular weight excluding hydrogens is 536 g/mol. The molecule has 0 bridgehead atoms. The van der Waals surface area contributed by atoms with Gasteiger partial charge in [-0.25, -0.2) is 0 Å². The van der Waals surface area contributed by atoms with Crippen LogP contribution in [0.5, 0.6) is 34.5 Å². The summed E-state index contributed by atoms with van der Waals surface area (Å²) in [7, 11) is 5.82. The Morgan fingerprint density at radius 1 is 0.694 bits per heavy atom. The van der Waals surface area contributed by atoms with Crippen molar-refractivity contribution in [2.45, 2.75) is 25.7 Å². The Morgan fingerprint density at radius 3 is 1.61 bits per heavy atom. The van der Waals surface area contributed by atoms with Gasteiger partial charge in [-0.1, -0.05) is 62.0 Å². The molecule has 2 aromatic rings. The summed E-state index contributed by atoms with van der Waals surface area (Å²) < 4.78 is 19.2. The Morgan fingerprint density at radius 2 is 1.14 bits per heavy atom. The smallest absolute Gasteiger partial charge is 0.867 e. The SMILES string of the molecule is C1=CC2[CH-]C3CCCCC3C2C=C1.COc1cccc(OC)c1[O-].COc1cccc(OC)c1[O-].[Zr+3]. The fourth-order valence-corrected chi connectivity index (χ4v) is 5.09. The van der Waals surface area contributed by atoms with E-state index >= 15 is 0 Å². The normalized spacial score (nSPS) is 22.8. The molecule has 7 heteroatoms. The van der Waals surface area contributed by atoms with Gasteiger partial charge in [0.2, 0.25) is 0 Å². The number of allylic oxidation sites excluding steroid dienone is 4. The van der Waals surface area contributed by atoms with Gasteiger partial charge in [-0.3, -0.25) is 0 Å². The van der Waals surface area contributed by atoms with E-state index in [1.807, 2.05) is 0 Å². The summed E-state index contributed by atoms with van der Waals surface area (Å²) >= 11 is 0. The van der Waals surface area contributed by atoms with Gasteiger partial charge >= 0.3 is 26.2 Å². The molecule has 0 aromatic heterocycles. The van der Waals surface area contributed by atoms with Crippen LogP contribution in [0.4, 0.5) is 0 Å². The van der Waals surface area contributed by atoms with Crippen LogP contribution in [0.15, 0.2) is 60.7 Å². The minimum absolute atomic E-state index is 0. The number of para-hydroxylation sites is 2. The van der Waals surface area contributed by atoms with Gasteiger partial charge in [-0.2, -0.15) is 5.92 Å². The van der Waals surface area contributed by atoms with E-state index in [0.717, 1.165) is 23.7 Å². The minimum atomic E-state index is -0.211. The van der Waals surface area contributed by atoms with E-state index in [1.165, 1.54) is 54.1 Å². The van der Waals surface area contributed by atoms with Gasteiger partial charge in [-0.15, -0.1) is 12.0 Å². The summed E-state index contributed by atoms with van der Waals surface area (Å²) in [5, 5.41) is 22.4. The van der Waals surface area contributed by atoms with E-state index in [4.69, 9.17) is 18.9 Å². The van der Waals surface area contributed by atoms with E-state index in [1.54, 1.807) is 36.4 Å². The Bertz CT molecular complexity index is 907. The van der Waals surface area contributed by atoms with E-state index in [2.05, 4.69) is 30.7 Å². The van der Waals surface area contributed by atoms with Crippen molar-refractivity contribution >= 4 is 0 Å². The maximum Gasteiger partial charge on any atom is 3.00 e. The summed E-state index contributed by atoms with van der Waals surface area (Å²) in [6.07, 6.45) is 17.8. The summed E-state index contributed by atoms with van der Waals surface area (Å²) in [5.74, 6) is 4.38. The molecule has 0 aliphatic heterocycles. The fourth-order valence-electron chi connectivity index (χ4n) is 5.09. The van der Waals surface area contributed by atoms with Crippen LogP contribution in [0.3, 0.4) is 0 Å². The number of hydrogen-bond donors (Lipinski definition) is 0. The van der Waals surface area contributed by atoms with Crippen molar-refractivity contribution in [2.24, 2.45) is 23.7 Å². The fraction of sp³-hybridized carbons (Fsp3) is 0.414. The molecule has 0 heterocycles. The summed E-state index contributed by atoms with van der Waals surface area (Å²) in [6.45, 7) is 0. The number of hydrogen-bond acceptors (Lipinski definition) is 6. The van der Waals surface area contributed by atoms with Crippen LogP contribution in [0.2, 0.25) is 0 Å². The van der Waals surface area contributed by atoms with Gasteiger partial charge in [-0.05, 0) is 41.7 Å². The zero-order valence-corrected chi connectivity index (χ0v) is 23.9. The standard InChI is InChI=1S/C13H17.2C8H10O3.Zr/c1-3-7-12-10(5-1)9-11-6-2-4-8-13(11)12;2*1-10-6-4-3-5-7(11-2)8(6)9;/h1,3,5,7,9-13H,2,4,6,8H2;2*3-5,9H,1-2H3;/q-1;;;+3/p-2. The molecule has 6 nitrogen and oxygen atoms in total. The summed E-state index contributed by atoms with van der Waals surface area (Å²) in [5.41, 5.74) is 0. The molecule has 0 spiro atoms. The van der Waals surface area contributed by atoms with Crippen molar-refractivity contribution in [2.75, 3.05) is 28.4 Å². The zero-order chi connectivity index (χ0) is 25.2. The van der Waals surface area contributed by atoms with Gasteiger partial charge < -0.3 is 35.6 Å². The van der Waals surface area contributed by atoms with Crippen molar-refractivity contribution in [3.63, 3.8) is 0 Å². The van der Waals surface area contributed by atoms with Crippen LogP contribution >= 0.6 is 0 Å². The van der Waals surface area contributed by atoms with Gasteiger partial charge in [0, 0.05) is 0 Å². The molecule has 2 fully saturated rings. The third-order valence-electron chi connectivity index (χ3n) is 6.83. The van der Waals surface area contributed by atoms with Gasteiger partial charge in [0.1, 0.15) is 23.0 Å². The molecule has 191 valence electrons. The van der Waals surface area contributed by atoms with Crippen LogP contribution in [0.25, 0.3) is 0 Å². The maximum atomic E-state index is 11.2. The first kappa shape index (κ1) is 29.8. The van der Waals surface area contributed by atoms with Gasteiger partial charge in [0.05, 0.1) is 28.4 Å². The molecule has 2 saturated carbocycles. The van der Waals surface area contributed by atoms with E-state index in [0.29, 0.717) is 23.0 Å². The average molecular weight is 571 g/mol. The minimum Gasteiger partial charge on any atom is -0.867 e. The van der Waals surface area contributed by atoms with Crippen molar-refractivity contribution in [3.05, 3.63) is 67.1 Å². The predicted molar refractivity (Wildman–Crippen MR) is 133 cm³/mol. The molecule has 3 aliphatic carbocycles. The van der Waals surface area contributed by atoms with Crippen molar-refractivity contribution in [1.82, 2.24) is 0 Å². The van der Waals surface area contributed by atoms with Gasteiger partial charge in [0.25, 0.3) is 0 Å². The number of rotatable bonds is 4. The molecule has 3 aliphatic rings. The number of methoxy groups -OCH3 is 4. The topological polar surface area (TPSA) is 83.0 Å². The Labute approximate surface area is 234 Å². The van der Waals surface area contributed by atoms with Crippen molar-refractivity contribution in [1.29, 1.82) is 0 Å². The van der Waals surface area contributed by atoms with Crippen LogP contribution in [0, 0.1) is 30.1 Å². The quantitative estimate of drug-likeness (QED) is 0.485. The van der Waals surface area contributed by atoms with Crippen molar-refractivity contribution in [3.8, 4) is 34.5 Å². The Balaban J connectivity index is 0.000000189. The summed E-state index contributed by atoms with van der Waals surface area (Å²) in [6, 6.07) is 9.82. The second-order valence-electron chi connectivity index (χ2n) is 8.71. The first-order valence-corrected chi connectivity index (χ1v) is 12.0. The molecule has 0 N–H and O–H groups in total. The molecule has 1 radical (unpaired) electrons. The van der Waals surface area contributed by atoms with Crippen LogP contribution < -0.4 is 29.2 Å². The second-order valence-corrected chi connectivity index (χ2v) is 8.71. The third-order valence-corrected chi connectivity index (χ3v) is 6.83. The van der Waals surface area contributed by atoms with Crippen molar-refractivity contribution < 1.29 is 55.4 Å². The molecule has 0 amide bonds. The van der Waals surface area contributed by atoms with Gasteiger partial charge in [0.15, 0.2) is 0 Å². The average Bonchev–Trinajstić information content (AvgIpc) is 3.28. The number of ether oxygens (including phenoxy) is 4. The Kier molecular flexibility index (Phi) is 12.4. The van der Waals surface area contributed by atoms with E-state index in [9.17, 15) is 10.2 Å². The monoisotopic (exact) mass is 569 g/mol. The number of fused-ring (bicyclic) bond motifs is 3. The van der Waals surface area contributed by atoms with Crippen LogP contribution in [-0.4, -0.2) is 28.4 Å². The molecule has 5 rings (SSSR count). The van der Waals surface area contributed by atoms with Crippen LogP contribution in [0.1, 0.15) is 25.7 Å². The third kappa shape index (κ3) is 7.32. The second kappa shape index (κ2) is 15.0. The van der Waals surface area contributed by atoms with E-state index < -0.39 is 0 Å². The predicted octanol–water partition coefficient (Wildman–Crippen LogP) is 4.92. The summed E-state index contributed by atoms with van der Waals surface area (Å²) in [4.78, 5) is 0. The molecule has 2 aromatic carbocycles. The molecule has 4 unspecified atom stereocenters. The number of benzene rings is 2. The largest absolute Gasteiger partial charge is 3.00 e. The first-order valence-electron chi connectivity index (χ1n) is 12.0. The Hall–Kier alpha value is -2.40.